The van der Waals surface area contributed by atoms with E-state index < -0.39 is 64.8 Å². The molecule has 7 atom stereocenters. The van der Waals surface area contributed by atoms with Gasteiger partial charge in [-0.25, -0.2) is 4.79 Å². The Hall–Kier alpha value is -4.04. The van der Waals surface area contributed by atoms with E-state index in [4.69, 9.17) is 35.3 Å². The monoisotopic (exact) mass is 860 g/mol. The number of nitrogens with one attached hydrogen (secondary N) is 2. The fraction of sp³-hybridized carbons (Fsp3) is 0.500. The zero-order chi connectivity index (χ0) is 41.0. The molecule has 0 saturated heterocycles. The first kappa shape index (κ1) is 46.3. The smallest absolute Gasteiger partial charge is 0.347 e. The highest BCUT2D eigenvalue weighted by Gasteiger charge is 2.37. The Morgan fingerprint density at radius 1 is 1.04 bits per heavy atom. The van der Waals surface area contributed by atoms with Crippen LogP contribution in [-0.4, -0.2) is 87.9 Å². The number of methoxy groups -OCH3 is 1. The van der Waals surface area contributed by atoms with E-state index in [1.165, 1.54) is 13.2 Å². The molecule has 0 spiro atoms. The summed E-state index contributed by atoms with van der Waals surface area (Å²) in [6, 6.07) is 13.5. The van der Waals surface area contributed by atoms with Gasteiger partial charge in [-0.05, 0) is 54.5 Å². The van der Waals surface area contributed by atoms with E-state index >= 15 is 0 Å². The van der Waals surface area contributed by atoms with Gasteiger partial charge in [-0.2, -0.15) is 0 Å². The summed E-state index contributed by atoms with van der Waals surface area (Å²) in [4.78, 5) is 66.1. The van der Waals surface area contributed by atoms with Gasteiger partial charge in [0.15, 0.2) is 6.10 Å². The lowest BCUT2D eigenvalue weighted by Gasteiger charge is -2.34. The third-order valence-corrected chi connectivity index (χ3v) is 10.5. The highest BCUT2D eigenvalue weighted by atomic mass is 79.9. The molecule has 56 heavy (non-hydrogen) atoms. The first-order valence-corrected chi connectivity index (χ1v) is 20.1. The van der Waals surface area contributed by atoms with E-state index in [9.17, 15) is 24.0 Å². The van der Waals surface area contributed by atoms with Crippen LogP contribution in [0.5, 0.6) is 5.75 Å². The van der Waals surface area contributed by atoms with Crippen molar-refractivity contribution in [3.63, 3.8) is 0 Å². The minimum Gasteiger partial charge on any atom is -0.495 e. The molecule has 1 aliphatic heterocycles. The Kier molecular flexibility index (Phi) is 20.3. The molecule has 0 unspecified atom stereocenters. The summed E-state index contributed by atoms with van der Waals surface area (Å²) in [5, 5.41) is 5.93. The average molecular weight is 862 g/mol. The number of alkyl halides is 1. The topological polar surface area (TPSA) is 156 Å². The number of aldehydes is 1. The molecule has 0 saturated carbocycles. The first-order valence-electron chi connectivity index (χ1n) is 18.8. The second kappa shape index (κ2) is 24.6. The van der Waals surface area contributed by atoms with Crippen molar-refractivity contribution in [1.82, 2.24) is 10.6 Å². The Morgan fingerprint density at radius 3 is 2.45 bits per heavy atom. The van der Waals surface area contributed by atoms with Crippen molar-refractivity contribution < 1.29 is 47.7 Å². The number of halogens is 2. The summed E-state index contributed by atoms with van der Waals surface area (Å²) in [5.74, 6) is -3.56. The van der Waals surface area contributed by atoms with Gasteiger partial charge in [0.25, 0.3) is 0 Å². The molecule has 0 fully saturated rings. The summed E-state index contributed by atoms with van der Waals surface area (Å²) in [7, 11) is 1.49. The van der Waals surface area contributed by atoms with E-state index in [1.54, 1.807) is 30.4 Å². The summed E-state index contributed by atoms with van der Waals surface area (Å²) in [5.41, 5.74) is 1.53. The average Bonchev–Trinajstić information content (AvgIpc) is 3.17. The highest BCUT2D eigenvalue weighted by Crippen LogP contribution is 2.36. The number of ether oxygens (including phenoxy) is 5. The van der Waals surface area contributed by atoms with E-state index in [0.717, 1.165) is 5.56 Å². The minimum absolute atomic E-state index is 0.0520. The number of rotatable bonds is 18. The van der Waals surface area contributed by atoms with Crippen LogP contribution in [0.4, 0.5) is 0 Å². The molecular weight excluding hydrogens is 808 g/mol. The molecular formula is C42H54BrClN2O10. The number of cyclic esters (lactones) is 2. The van der Waals surface area contributed by atoms with E-state index in [0.29, 0.717) is 42.3 Å². The van der Waals surface area contributed by atoms with Crippen molar-refractivity contribution in [2.45, 2.75) is 82.1 Å². The molecule has 0 aliphatic carbocycles. The minimum atomic E-state index is -1.26. The molecule has 0 aromatic heterocycles. The lowest BCUT2D eigenvalue weighted by Crippen LogP contribution is -2.49. The highest BCUT2D eigenvalue weighted by molar-refractivity contribution is 9.09. The molecule has 1 aliphatic rings. The molecule has 1 heterocycles. The maximum Gasteiger partial charge on any atom is 0.347 e. The van der Waals surface area contributed by atoms with E-state index in [2.05, 4.69) is 33.1 Å². The van der Waals surface area contributed by atoms with Crippen LogP contribution in [0, 0.1) is 17.8 Å². The Labute approximate surface area is 343 Å². The van der Waals surface area contributed by atoms with Crippen LogP contribution in [-0.2, 0) is 49.3 Å². The fourth-order valence-corrected chi connectivity index (χ4v) is 7.42. The van der Waals surface area contributed by atoms with Crippen LogP contribution in [0.3, 0.4) is 0 Å². The van der Waals surface area contributed by atoms with Crippen molar-refractivity contribution in [2.75, 3.05) is 33.5 Å². The lowest BCUT2D eigenvalue weighted by molar-refractivity contribution is -0.178. The van der Waals surface area contributed by atoms with Crippen LogP contribution < -0.4 is 15.4 Å². The zero-order valence-electron chi connectivity index (χ0n) is 32.5. The molecule has 0 bridgehead atoms. The summed E-state index contributed by atoms with van der Waals surface area (Å²) in [6.07, 6.45) is 3.29. The quantitative estimate of drug-likeness (QED) is 0.0576. The largest absolute Gasteiger partial charge is 0.495 e. The van der Waals surface area contributed by atoms with Crippen molar-refractivity contribution in [2.24, 2.45) is 17.8 Å². The van der Waals surface area contributed by atoms with Gasteiger partial charge in [0.1, 0.15) is 30.8 Å². The molecule has 2 amide bonds. The van der Waals surface area contributed by atoms with Crippen LogP contribution in [0.15, 0.2) is 73.3 Å². The predicted molar refractivity (Wildman–Crippen MR) is 216 cm³/mol. The van der Waals surface area contributed by atoms with Crippen LogP contribution >= 0.6 is 27.5 Å². The Balaban J connectivity index is 2.03. The van der Waals surface area contributed by atoms with Gasteiger partial charge in [0.05, 0.1) is 35.6 Å². The van der Waals surface area contributed by atoms with Crippen LogP contribution in [0.2, 0.25) is 5.02 Å². The van der Waals surface area contributed by atoms with Gasteiger partial charge in [-0.1, -0.05) is 96.9 Å². The van der Waals surface area contributed by atoms with E-state index in [1.807, 2.05) is 51.1 Å². The normalized spacial score (nSPS) is 22.1. The van der Waals surface area contributed by atoms with Crippen LogP contribution in [0.25, 0.3) is 0 Å². The van der Waals surface area contributed by atoms with Crippen LogP contribution in [0.1, 0.15) is 62.4 Å². The fourth-order valence-electron chi connectivity index (χ4n) is 6.20. The maximum atomic E-state index is 14.0. The number of esters is 2. The zero-order valence-corrected chi connectivity index (χ0v) is 34.8. The van der Waals surface area contributed by atoms with Gasteiger partial charge in [0.2, 0.25) is 11.8 Å². The summed E-state index contributed by atoms with van der Waals surface area (Å²) < 4.78 is 28.9. The molecule has 3 rings (SSSR count). The first-order chi connectivity index (χ1) is 26.9. The third kappa shape index (κ3) is 15.1. The van der Waals surface area contributed by atoms with Crippen molar-refractivity contribution in [3.05, 3.63) is 89.5 Å². The summed E-state index contributed by atoms with van der Waals surface area (Å²) >= 11 is 10.1. The second-order valence-corrected chi connectivity index (χ2v) is 15.4. The Morgan fingerprint density at radius 2 is 1.79 bits per heavy atom. The van der Waals surface area contributed by atoms with Gasteiger partial charge in [-0.15, -0.1) is 6.58 Å². The molecule has 2 aromatic carbocycles. The van der Waals surface area contributed by atoms with Gasteiger partial charge >= 0.3 is 11.9 Å². The van der Waals surface area contributed by atoms with Crippen molar-refractivity contribution in [3.8, 4) is 5.75 Å². The van der Waals surface area contributed by atoms with Crippen molar-refractivity contribution in [1.29, 1.82) is 0 Å². The van der Waals surface area contributed by atoms with Crippen molar-refractivity contribution >= 4 is 57.6 Å². The molecule has 306 valence electrons. The lowest BCUT2D eigenvalue weighted by atomic mass is 9.90. The Bertz CT molecular complexity index is 1620. The van der Waals surface area contributed by atoms with Gasteiger partial charge in [-0.3, -0.25) is 14.4 Å². The number of hydrogen-bond donors (Lipinski definition) is 2. The number of amides is 2. The molecule has 14 heteroatoms. The standard InChI is InChI=1S/C42H54BrClN2O10/c1-6-20-53-21-11-14-31-26-45-40(49)33(25-29-17-18-35(52-5)32(44)24-29)46-37(48)16-10-15-34(55-42(51)36(23-27(2)3)56-41(31)50)28(4)39(54-22-19-47)38(43)30-12-8-7-9-13-30/h6-10,12-13,16-19,24,27-28,31,33-34,36,38-39H,1,11,14-15,20-23,25-26H2,2-5H3,(H,45,49)(H,46,48)/b16-10+/t28-,31-,33+,34-,36-,38-,39+/m0/s1. The maximum absolute atomic E-state index is 14.0. The molecule has 0 radical (unpaired) electrons. The van der Waals surface area contributed by atoms with Gasteiger partial charge < -0.3 is 39.1 Å². The number of benzene rings is 2. The number of hydrogen-bond acceptors (Lipinski definition) is 10. The van der Waals surface area contributed by atoms with Gasteiger partial charge in [0, 0.05) is 31.9 Å². The second-order valence-electron chi connectivity index (χ2n) is 14.0. The molecule has 12 nitrogen and oxygen atoms in total. The molecule has 2 aromatic rings. The third-order valence-electron chi connectivity index (χ3n) is 9.20. The summed E-state index contributed by atoms with van der Waals surface area (Å²) in [6.45, 7) is 9.59. The number of carbonyl (C=O) groups excluding carboxylic acids is 5. The molecule has 2 N–H and O–H groups in total. The SMILES string of the molecule is C=CCOCCC[C@H]1CNC(=O)[C@@H](Cc2ccc(OC)c(Cl)c2)NC(=O)/C=C/C[C@@H]([C@H](C)[C@@H](OCC=O)[C@@H](Br)c2ccccc2)OC(=O)[C@H](CC(C)C)OC1=O. The number of carbonyl (C=O) groups is 5. The van der Waals surface area contributed by atoms with E-state index in [-0.39, 0.29) is 44.8 Å². The predicted octanol–water partition coefficient (Wildman–Crippen LogP) is 6.28.